The van der Waals surface area contributed by atoms with Crippen LogP contribution in [0.2, 0.25) is 0 Å². The normalized spacial score (nSPS) is 21.8. The van der Waals surface area contributed by atoms with Crippen molar-refractivity contribution in [1.29, 1.82) is 0 Å². The van der Waals surface area contributed by atoms with E-state index in [4.69, 9.17) is 9.72 Å². The van der Waals surface area contributed by atoms with Crippen molar-refractivity contribution in [2.75, 3.05) is 42.6 Å². The molecule has 1 N–H and O–H groups in total. The minimum Gasteiger partial charge on any atom is -0.378 e. The molecule has 1 aromatic heterocycles. The Morgan fingerprint density at radius 2 is 1.96 bits per heavy atom. The summed E-state index contributed by atoms with van der Waals surface area (Å²) in [6.45, 7) is 6.11. The number of nitrogens with one attached hydrogen (secondary N) is 1. The van der Waals surface area contributed by atoms with Crippen LogP contribution in [0.5, 0.6) is 0 Å². The minimum atomic E-state index is -0.0884. The van der Waals surface area contributed by atoms with Crippen LogP contribution in [-0.4, -0.2) is 48.9 Å². The molecule has 2 fully saturated rings. The summed E-state index contributed by atoms with van der Waals surface area (Å²) in [5, 5.41) is 0. The second-order valence-corrected chi connectivity index (χ2v) is 7.13. The number of rotatable bonds is 4. The number of aromatic amines is 1. The molecule has 3 heterocycles. The number of aromatic nitrogens is 2. The molecule has 0 saturated carbocycles. The third-order valence-electron chi connectivity index (χ3n) is 5.52. The Labute approximate surface area is 153 Å². The van der Waals surface area contributed by atoms with E-state index < -0.39 is 0 Å². The maximum Gasteiger partial charge on any atom is 0.254 e. The van der Waals surface area contributed by atoms with Crippen molar-refractivity contribution in [2.45, 2.75) is 31.7 Å². The maximum absolute atomic E-state index is 12.3. The van der Waals surface area contributed by atoms with Crippen LogP contribution in [0, 0.1) is 0 Å². The number of anilines is 2. The first-order chi connectivity index (χ1) is 12.7. The monoisotopic (exact) mass is 354 g/mol. The van der Waals surface area contributed by atoms with E-state index in [0.717, 1.165) is 38.3 Å². The number of ether oxygens (including phenoxy) is 1. The van der Waals surface area contributed by atoms with Crippen LogP contribution >= 0.6 is 0 Å². The second kappa shape index (κ2) is 7.50. The summed E-state index contributed by atoms with van der Waals surface area (Å²) in [6, 6.07) is 12.5. The highest BCUT2D eigenvalue weighted by atomic mass is 16.5. The quantitative estimate of drug-likeness (QED) is 0.913. The van der Waals surface area contributed by atoms with Gasteiger partial charge in [-0.05, 0) is 18.4 Å². The van der Waals surface area contributed by atoms with E-state index in [9.17, 15) is 4.79 Å². The van der Waals surface area contributed by atoms with E-state index >= 15 is 0 Å². The lowest BCUT2D eigenvalue weighted by Crippen LogP contribution is -2.39. The molecule has 6 nitrogen and oxygen atoms in total. The number of hydrogen-bond donors (Lipinski definition) is 1. The van der Waals surface area contributed by atoms with Crippen molar-refractivity contribution in [3.05, 3.63) is 52.3 Å². The Morgan fingerprint density at radius 1 is 1.19 bits per heavy atom. The van der Waals surface area contributed by atoms with E-state index in [2.05, 4.69) is 46.0 Å². The van der Waals surface area contributed by atoms with Crippen LogP contribution in [-0.2, 0) is 4.74 Å². The van der Waals surface area contributed by atoms with Gasteiger partial charge in [0.15, 0.2) is 0 Å². The molecule has 0 radical (unpaired) electrons. The fourth-order valence-corrected chi connectivity index (χ4v) is 4.08. The highest BCUT2D eigenvalue weighted by molar-refractivity contribution is 5.46. The third-order valence-corrected chi connectivity index (χ3v) is 5.52. The molecule has 0 spiro atoms. The van der Waals surface area contributed by atoms with Crippen molar-refractivity contribution in [2.24, 2.45) is 0 Å². The van der Waals surface area contributed by atoms with Crippen LogP contribution < -0.4 is 15.4 Å². The zero-order chi connectivity index (χ0) is 17.9. The van der Waals surface area contributed by atoms with Gasteiger partial charge in [-0.25, -0.2) is 0 Å². The van der Waals surface area contributed by atoms with Gasteiger partial charge in [0.2, 0.25) is 5.95 Å². The third kappa shape index (κ3) is 3.46. The number of morpholine rings is 1. The van der Waals surface area contributed by atoms with E-state index in [1.807, 2.05) is 6.07 Å². The molecule has 138 valence electrons. The second-order valence-electron chi connectivity index (χ2n) is 7.13. The summed E-state index contributed by atoms with van der Waals surface area (Å²) in [5.74, 6) is 1.84. The van der Waals surface area contributed by atoms with Gasteiger partial charge >= 0.3 is 0 Å². The Hall–Kier alpha value is -2.34. The lowest BCUT2D eigenvalue weighted by Gasteiger charge is -2.32. The van der Waals surface area contributed by atoms with Gasteiger partial charge in [0.1, 0.15) is 5.82 Å². The average Bonchev–Trinajstić information content (AvgIpc) is 3.18. The summed E-state index contributed by atoms with van der Waals surface area (Å²) < 4.78 is 5.41. The van der Waals surface area contributed by atoms with Crippen LogP contribution in [0.4, 0.5) is 11.8 Å². The molecule has 1 unspecified atom stereocenters. The standard InChI is InChI=1S/C20H26N4O2/c1-15(16-6-3-2-4-7-16)17-8-5-9-24(17)20-21-18(14-19(25)22-20)23-10-12-26-13-11-23/h2-4,6-7,14-15,17H,5,8-13H2,1H3,(H,21,22,25)/t15-,17?/m1/s1. The van der Waals surface area contributed by atoms with E-state index in [1.54, 1.807) is 6.07 Å². The molecule has 2 aliphatic heterocycles. The predicted molar refractivity (Wildman–Crippen MR) is 103 cm³/mol. The molecule has 4 rings (SSSR count). The predicted octanol–water partition coefficient (Wildman–Crippen LogP) is 2.38. The zero-order valence-corrected chi connectivity index (χ0v) is 15.2. The fourth-order valence-electron chi connectivity index (χ4n) is 4.08. The van der Waals surface area contributed by atoms with Crippen molar-refractivity contribution < 1.29 is 4.74 Å². The highest BCUT2D eigenvalue weighted by Crippen LogP contribution is 2.33. The lowest BCUT2D eigenvalue weighted by atomic mass is 9.92. The summed E-state index contributed by atoms with van der Waals surface area (Å²) in [5.41, 5.74) is 1.24. The van der Waals surface area contributed by atoms with Gasteiger partial charge in [0.25, 0.3) is 5.56 Å². The summed E-state index contributed by atoms with van der Waals surface area (Å²) in [6.07, 6.45) is 2.23. The van der Waals surface area contributed by atoms with Crippen LogP contribution in [0.15, 0.2) is 41.2 Å². The largest absolute Gasteiger partial charge is 0.378 e. The molecule has 2 aliphatic rings. The topological polar surface area (TPSA) is 61.5 Å². The number of nitrogens with zero attached hydrogens (tertiary/aromatic N) is 3. The smallest absolute Gasteiger partial charge is 0.254 e. The number of H-pyrrole nitrogens is 1. The average molecular weight is 354 g/mol. The van der Waals surface area contributed by atoms with Gasteiger partial charge in [-0.2, -0.15) is 4.98 Å². The molecule has 2 atom stereocenters. The van der Waals surface area contributed by atoms with Gasteiger partial charge in [0, 0.05) is 37.7 Å². The minimum absolute atomic E-state index is 0.0884. The molecular weight excluding hydrogens is 328 g/mol. The van der Waals surface area contributed by atoms with Crippen molar-refractivity contribution in [1.82, 2.24) is 9.97 Å². The van der Waals surface area contributed by atoms with Gasteiger partial charge in [-0.1, -0.05) is 37.3 Å². The number of hydrogen-bond acceptors (Lipinski definition) is 5. The van der Waals surface area contributed by atoms with Crippen molar-refractivity contribution in [3.8, 4) is 0 Å². The first-order valence-corrected chi connectivity index (χ1v) is 9.48. The molecule has 0 amide bonds. The summed E-state index contributed by atoms with van der Waals surface area (Å²) in [4.78, 5) is 24.5. The Balaban J connectivity index is 1.61. The van der Waals surface area contributed by atoms with Gasteiger partial charge in [-0.15, -0.1) is 0 Å². The van der Waals surface area contributed by atoms with E-state index in [-0.39, 0.29) is 5.56 Å². The molecule has 2 saturated heterocycles. The molecule has 0 aliphatic carbocycles. The zero-order valence-electron chi connectivity index (χ0n) is 15.2. The Kier molecular flexibility index (Phi) is 4.93. The first kappa shape index (κ1) is 17.1. The Bertz CT molecular complexity index is 786. The molecule has 26 heavy (non-hydrogen) atoms. The van der Waals surface area contributed by atoms with Gasteiger partial charge in [-0.3, -0.25) is 9.78 Å². The lowest BCUT2D eigenvalue weighted by molar-refractivity contribution is 0.122. The molecular formula is C20H26N4O2. The summed E-state index contributed by atoms with van der Waals surface area (Å²) >= 11 is 0. The molecule has 2 aromatic rings. The van der Waals surface area contributed by atoms with E-state index in [0.29, 0.717) is 31.1 Å². The fraction of sp³-hybridized carbons (Fsp3) is 0.500. The van der Waals surface area contributed by atoms with Crippen molar-refractivity contribution >= 4 is 11.8 Å². The van der Waals surface area contributed by atoms with E-state index in [1.165, 1.54) is 5.56 Å². The van der Waals surface area contributed by atoms with Crippen LogP contribution in [0.25, 0.3) is 0 Å². The molecule has 1 aromatic carbocycles. The number of benzene rings is 1. The maximum atomic E-state index is 12.3. The van der Waals surface area contributed by atoms with Crippen LogP contribution in [0.1, 0.15) is 31.2 Å². The molecule has 6 heteroatoms. The first-order valence-electron chi connectivity index (χ1n) is 9.48. The SMILES string of the molecule is C[C@H](c1ccccc1)C1CCCN1c1nc(N2CCOCC2)cc(=O)[nH]1. The molecule has 0 bridgehead atoms. The Morgan fingerprint density at radius 3 is 2.73 bits per heavy atom. The van der Waals surface area contributed by atoms with Crippen LogP contribution in [0.3, 0.4) is 0 Å². The highest BCUT2D eigenvalue weighted by Gasteiger charge is 2.32. The van der Waals surface area contributed by atoms with Gasteiger partial charge < -0.3 is 14.5 Å². The summed E-state index contributed by atoms with van der Waals surface area (Å²) in [7, 11) is 0. The van der Waals surface area contributed by atoms with Crippen molar-refractivity contribution in [3.63, 3.8) is 0 Å². The van der Waals surface area contributed by atoms with Gasteiger partial charge in [0.05, 0.1) is 13.2 Å².